The Morgan fingerprint density at radius 3 is 2.44 bits per heavy atom. The van der Waals surface area contributed by atoms with Gasteiger partial charge in [-0.2, -0.15) is 0 Å². The van der Waals surface area contributed by atoms with Crippen molar-refractivity contribution in [1.82, 2.24) is 5.43 Å². The lowest BCUT2D eigenvalue weighted by atomic mass is 10.0. The molecule has 0 aliphatic rings. The molecule has 0 fully saturated rings. The molecular weight excluding hydrogens is 216 g/mol. The third kappa shape index (κ3) is 2.16. The van der Waals surface area contributed by atoms with Crippen molar-refractivity contribution in [3.8, 4) is 0 Å². The molecule has 0 amide bonds. The van der Waals surface area contributed by atoms with E-state index in [0.717, 1.165) is 0 Å². The molecule has 1 aromatic carbocycles. The number of hydrogen-bond donors (Lipinski definition) is 2. The lowest BCUT2D eigenvalue weighted by Crippen LogP contribution is -2.28. The molecule has 2 rings (SSSR count). The number of nitrogens with one attached hydrogen (secondary N) is 1. The van der Waals surface area contributed by atoms with Gasteiger partial charge in [-0.3, -0.25) is 5.84 Å². The van der Waals surface area contributed by atoms with Gasteiger partial charge in [0.05, 0.1) is 6.04 Å². The molecule has 1 unspecified atom stereocenters. The van der Waals surface area contributed by atoms with Gasteiger partial charge in [-0.25, -0.2) is 5.43 Å². The van der Waals surface area contributed by atoms with Gasteiger partial charge in [-0.1, -0.05) is 24.3 Å². The molecule has 0 saturated carbocycles. The molecule has 2 nitrogen and oxygen atoms in total. The maximum absolute atomic E-state index is 5.67. The predicted octanol–water partition coefficient (Wildman–Crippen LogP) is 2.92. The fourth-order valence-electron chi connectivity index (χ4n) is 1.84. The Kier molecular flexibility index (Phi) is 3.39. The quantitative estimate of drug-likeness (QED) is 0.631. The van der Waals surface area contributed by atoms with Crippen LogP contribution in [-0.2, 0) is 0 Å². The molecule has 1 atom stereocenters. The summed E-state index contributed by atoms with van der Waals surface area (Å²) < 4.78 is 0. The minimum Gasteiger partial charge on any atom is -0.271 e. The summed E-state index contributed by atoms with van der Waals surface area (Å²) in [5.41, 5.74) is 5.40. The minimum atomic E-state index is 0.0971. The van der Waals surface area contributed by atoms with E-state index in [9.17, 15) is 0 Å². The molecule has 0 saturated heterocycles. The van der Waals surface area contributed by atoms with Crippen LogP contribution in [0.5, 0.6) is 0 Å². The zero-order valence-electron chi connectivity index (χ0n) is 9.53. The second-order valence-corrected chi connectivity index (χ2v) is 5.22. The summed E-state index contributed by atoms with van der Waals surface area (Å²) in [6.07, 6.45) is 0. The van der Waals surface area contributed by atoms with E-state index in [0.29, 0.717) is 0 Å². The van der Waals surface area contributed by atoms with Gasteiger partial charge in [0, 0.05) is 9.75 Å². The van der Waals surface area contributed by atoms with E-state index in [1.54, 1.807) is 11.3 Å². The summed E-state index contributed by atoms with van der Waals surface area (Å²) in [6.45, 7) is 4.22. The summed E-state index contributed by atoms with van der Waals surface area (Å²) in [6, 6.07) is 12.7. The topological polar surface area (TPSA) is 38.0 Å². The third-order valence-corrected chi connectivity index (χ3v) is 3.78. The summed E-state index contributed by atoms with van der Waals surface area (Å²) >= 11 is 1.78. The zero-order valence-corrected chi connectivity index (χ0v) is 10.3. The molecule has 3 heteroatoms. The highest BCUT2D eigenvalue weighted by Gasteiger charge is 2.15. The van der Waals surface area contributed by atoms with Gasteiger partial charge in [-0.05, 0) is 37.1 Å². The van der Waals surface area contributed by atoms with E-state index < -0.39 is 0 Å². The maximum atomic E-state index is 5.67. The van der Waals surface area contributed by atoms with Crippen molar-refractivity contribution in [3.05, 3.63) is 57.3 Å². The number of nitrogens with two attached hydrogens (primary N) is 1. The average Bonchev–Trinajstić information content (AvgIpc) is 2.69. The lowest BCUT2D eigenvalue weighted by molar-refractivity contribution is 0.643. The SMILES string of the molecule is Cc1ccc(C(NN)c2ccccc2C)s1. The Labute approximate surface area is 100 Å². The average molecular weight is 232 g/mol. The summed E-state index contributed by atoms with van der Waals surface area (Å²) in [7, 11) is 0. The fourth-order valence-corrected chi connectivity index (χ4v) is 2.80. The first-order valence-corrected chi connectivity index (χ1v) is 6.12. The van der Waals surface area contributed by atoms with Crippen LogP contribution in [0.1, 0.15) is 26.9 Å². The molecule has 2 aromatic rings. The first-order valence-electron chi connectivity index (χ1n) is 5.30. The highest BCUT2D eigenvalue weighted by atomic mass is 32.1. The van der Waals surface area contributed by atoms with Crippen molar-refractivity contribution < 1.29 is 0 Å². The molecule has 16 heavy (non-hydrogen) atoms. The van der Waals surface area contributed by atoms with Crippen molar-refractivity contribution in [3.63, 3.8) is 0 Å². The number of benzene rings is 1. The van der Waals surface area contributed by atoms with Crippen LogP contribution in [0, 0.1) is 13.8 Å². The highest BCUT2D eigenvalue weighted by molar-refractivity contribution is 7.12. The number of hydrazine groups is 1. The van der Waals surface area contributed by atoms with E-state index >= 15 is 0 Å². The van der Waals surface area contributed by atoms with Crippen LogP contribution >= 0.6 is 11.3 Å². The van der Waals surface area contributed by atoms with Crippen LogP contribution in [0.25, 0.3) is 0 Å². The van der Waals surface area contributed by atoms with Crippen molar-refractivity contribution in [2.24, 2.45) is 5.84 Å². The van der Waals surface area contributed by atoms with E-state index in [-0.39, 0.29) is 6.04 Å². The van der Waals surface area contributed by atoms with Gasteiger partial charge in [0.1, 0.15) is 0 Å². The van der Waals surface area contributed by atoms with Crippen molar-refractivity contribution in [2.75, 3.05) is 0 Å². The van der Waals surface area contributed by atoms with Crippen LogP contribution in [0.4, 0.5) is 0 Å². The van der Waals surface area contributed by atoms with Crippen molar-refractivity contribution in [2.45, 2.75) is 19.9 Å². The number of thiophene rings is 1. The number of rotatable bonds is 3. The normalized spacial score (nSPS) is 12.7. The standard InChI is InChI=1S/C13H16N2S/c1-9-5-3-4-6-11(9)13(15-14)12-8-7-10(2)16-12/h3-8,13,15H,14H2,1-2H3. The Morgan fingerprint density at radius 2 is 1.88 bits per heavy atom. The predicted molar refractivity (Wildman–Crippen MR) is 69.4 cm³/mol. The van der Waals surface area contributed by atoms with Crippen molar-refractivity contribution in [1.29, 1.82) is 0 Å². The van der Waals surface area contributed by atoms with Crippen LogP contribution in [-0.4, -0.2) is 0 Å². The molecule has 84 valence electrons. The Balaban J connectivity index is 2.40. The van der Waals surface area contributed by atoms with Gasteiger partial charge in [0.15, 0.2) is 0 Å². The lowest BCUT2D eigenvalue weighted by Gasteiger charge is -2.16. The van der Waals surface area contributed by atoms with Gasteiger partial charge >= 0.3 is 0 Å². The number of aryl methyl sites for hydroxylation is 2. The Morgan fingerprint density at radius 1 is 1.12 bits per heavy atom. The molecule has 0 aliphatic carbocycles. The third-order valence-electron chi connectivity index (χ3n) is 2.71. The molecule has 0 aliphatic heterocycles. The van der Waals surface area contributed by atoms with E-state index in [1.165, 1.54) is 20.9 Å². The molecule has 3 N–H and O–H groups in total. The van der Waals surface area contributed by atoms with Crippen LogP contribution in [0.15, 0.2) is 36.4 Å². The minimum absolute atomic E-state index is 0.0971. The first kappa shape index (κ1) is 11.3. The second-order valence-electron chi connectivity index (χ2n) is 3.90. The zero-order chi connectivity index (χ0) is 11.5. The summed E-state index contributed by atoms with van der Waals surface area (Å²) in [5, 5.41) is 0. The largest absolute Gasteiger partial charge is 0.271 e. The molecule has 1 aromatic heterocycles. The molecule has 1 heterocycles. The fraction of sp³-hybridized carbons (Fsp3) is 0.231. The van der Waals surface area contributed by atoms with Crippen LogP contribution in [0.2, 0.25) is 0 Å². The van der Waals surface area contributed by atoms with Crippen molar-refractivity contribution >= 4 is 11.3 Å². The monoisotopic (exact) mass is 232 g/mol. The van der Waals surface area contributed by atoms with E-state index in [2.05, 4.69) is 43.5 Å². The van der Waals surface area contributed by atoms with E-state index in [4.69, 9.17) is 5.84 Å². The summed E-state index contributed by atoms with van der Waals surface area (Å²) in [5.74, 6) is 5.67. The Bertz CT molecular complexity index is 476. The second kappa shape index (κ2) is 4.78. The van der Waals surface area contributed by atoms with Gasteiger partial charge < -0.3 is 0 Å². The number of hydrogen-bond acceptors (Lipinski definition) is 3. The van der Waals surface area contributed by atoms with Crippen LogP contribution < -0.4 is 11.3 Å². The maximum Gasteiger partial charge on any atom is 0.0805 e. The molecule has 0 spiro atoms. The highest BCUT2D eigenvalue weighted by Crippen LogP contribution is 2.29. The summed E-state index contributed by atoms with van der Waals surface area (Å²) in [4.78, 5) is 2.57. The van der Waals surface area contributed by atoms with Gasteiger partial charge in [0.25, 0.3) is 0 Å². The Hall–Kier alpha value is -1.16. The molecular formula is C13H16N2S. The van der Waals surface area contributed by atoms with Crippen LogP contribution in [0.3, 0.4) is 0 Å². The first-order chi connectivity index (χ1) is 7.72. The van der Waals surface area contributed by atoms with Gasteiger partial charge in [-0.15, -0.1) is 11.3 Å². The smallest absolute Gasteiger partial charge is 0.0805 e. The molecule has 0 bridgehead atoms. The van der Waals surface area contributed by atoms with Gasteiger partial charge in [0.2, 0.25) is 0 Å². The molecule has 0 radical (unpaired) electrons. The van der Waals surface area contributed by atoms with E-state index in [1.807, 2.05) is 12.1 Å².